The molecular formula is C16H10ClNO6. The van der Waals surface area contributed by atoms with Crippen molar-refractivity contribution in [3.05, 3.63) is 62.4 Å². The van der Waals surface area contributed by atoms with Crippen LogP contribution in [0.15, 0.2) is 36.1 Å². The molecule has 0 unspecified atom stereocenters. The first-order valence-electron chi connectivity index (χ1n) is 6.70. The average molecular weight is 348 g/mol. The van der Waals surface area contributed by atoms with Crippen LogP contribution in [0.25, 0.3) is 6.08 Å². The molecule has 1 N–H and O–H groups in total. The van der Waals surface area contributed by atoms with Gasteiger partial charge in [-0.05, 0) is 29.8 Å². The molecule has 0 aliphatic carbocycles. The van der Waals surface area contributed by atoms with E-state index < -0.39 is 16.4 Å². The van der Waals surface area contributed by atoms with Crippen LogP contribution in [0.5, 0.6) is 17.2 Å². The number of Topliss-reactive ketones (excluding diaryl/α,β-unsaturated/α-hetero) is 1. The molecule has 0 saturated carbocycles. The van der Waals surface area contributed by atoms with Gasteiger partial charge in [-0.3, -0.25) is 14.9 Å². The van der Waals surface area contributed by atoms with Gasteiger partial charge in [0.25, 0.3) is 0 Å². The second-order valence-electron chi connectivity index (χ2n) is 4.90. The number of hydrogen-bond acceptors (Lipinski definition) is 6. The van der Waals surface area contributed by atoms with Crippen molar-refractivity contribution in [2.24, 2.45) is 0 Å². The lowest BCUT2D eigenvalue weighted by molar-refractivity contribution is -0.386. The number of fused-ring (bicyclic) bond motifs is 1. The fraction of sp³-hybridized carbons (Fsp3) is 0.0625. The van der Waals surface area contributed by atoms with Crippen LogP contribution in [-0.4, -0.2) is 22.9 Å². The van der Waals surface area contributed by atoms with E-state index in [0.29, 0.717) is 10.6 Å². The minimum absolute atomic E-state index is 0.0276. The number of allylic oxidation sites excluding steroid dienone is 1. The van der Waals surface area contributed by atoms with E-state index in [4.69, 9.17) is 21.1 Å². The Balaban J connectivity index is 2.07. The van der Waals surface area contributed by atoms with Crippen LogP contribution in [-0.2, 0) is 0 Å². The number of phenols is 1. The van der Waals surface area contributed by atoms with Crippen molar-refractivity contribution in [1.82, 2.24) is 0 Å². The van der Waals surface area contributed by atoms with Gasteiger partial charge in [0, 0.05) is 6.07 Å². The second-order valence-corrected chi connectivity index (χ2v) is 5.31. The number of nitrogens with zero attached hydrogens (tertiary/aromatic N) is 1. The molecule has 1 aliphatic heterocycles. The highest BCUT2D eigenvalue weighted by molar-refractivity contribution is 6.33. The third-order valence-corrected chi connectivity index (χ3v) is 3.74. The molecule has 0 spiro atoms. The lowest BCUT2D eigenvalue weighted by Gasteiger charge is -2.06. The van der Waals surface area contributed by atoms with Gasteiger partial charge < -0.3 is 14.6 Å². The third kappa shape index (κ3) is 2.55. The van der Waals surface area contributed by atoms with Crippen LogP contribution >= 0.6 is 11.6 Å². The molecule has 0 atom stereocenters. The number of nitro groups is 1. The number of aromatic hydroxyl groups is 1. The number of carbonyl (C=O) groups excluding carboxylic acids is 1. The predicted molar refractivity (Wildman–Crippen MR) is 85.7 cm³/mol. The summed E-state index contributed by atoms with van der Waals surface area (Å²) in [6.45, 7) is 0. The van der Waals surface area contributed by atoms with Gasteiger partial charge in [-0.1, -0.05) is 17.7 Å². The van der Waals surface area contributed by atoms with Crippen molar-refractivity contribution >= 4 is 29.1 Å². The van der Waals surface area contributed by atoms with Crippen molar-refractivity contribution in [3.8, 4) is 17.2 Å². The van der Waals surface area contributed by atoms with Crippen molar-refractivity contribution in [3.63, 3.8) is 0 Å². The van der Waals surface area contributed by atoms with E-state index in [2.05, 4.69) is 0 Å². The molecule has 122 valence electrons. The van der Waals surface area contributed by atoms with Crippen LogP contribution in [0.4, 0.5) is 5.69 Å². The molecule has 3 rings (SSSR count). The Morgan fingerprint density at radius 1 is 1.38 bits per heavy atom. The van der Waals surface area contributed by atoms with E-state index in [0.717, 1.165) is 6.07 Å². The Morgan fingerprint density at radius 3 is 2.75 bits per heavy atom. The first-order valence-corrected chi connectivity index (χ1v) is 7.08. The van der Waals surface area contributed by atoms with Crippen molar-refractivity contribution < 1.29 is 24.3 Å². The normalized spacial score (nSPS) is 14.4. The van der Waals surface area contributed by atoms with Gasteiger partial charge in [0.2, 0.25) is 11.5 Å². The Kier molecular flexibility index (Phi) is 3.86. The number of phenolic OH excluding ortho intramolecular Hbond substituents is 1. The van der Waals surface area contributed by atoms with Gasteiger partial charge in [-0.25, -0.2) is 0 Å². The first kappa shape index (κ1) is 15.8. The van der Waals surface area contributed by atoms with E-state index in [9.17, 15) is 20.0 Å². The van der Waals surface area contributed by atoms with Crippen LogP contribution in [0.1, 0.15) is 15.9 Å². The predicted octanol–water partition coefficient (Wildman–Crippen LogP) is 3.58. The number of hydrogen-bond donors (Lipinski definition) is 1. The highest BCUT2D eigenvalue weighted by atomic mass is 35.5. The zero-order valence-corrected chi connectivity index (χ0v) is 13.0. The summed E-state index contributed by atoms with van der Waals surface area (Å²) in [5.41, 5.74) is 0.0415. The van der Waals surface area contributed by atoms with E-state index in [1.807, 2.05) is 0 Å². The summed E-state index contributed by atoms with van der Waals surface area (Å²) < 4.78 is 10.4. The largest absolute Gasteiger partial charge is 0.500 e. The van der Waals surface area contributed by atoms with Crippen molar-refractivity contribution in [2.75, 3.05) is 7.11 Å². The zero-order valence-electron chi connectivity index (χ0n) is 12.3. The van der Waals surface area contributed by atoms with Crippen LogP contribution < -0.4 is 9.47 Å². The summed E-state index contributed by atoms with van der Waals surface area (Å²) in [5, 5.41) is 21.1. The Hall–Kier alpha value is -3.06. The molecular weight excluding hydrogens is 338 g/mol. The standard InChI is InChI=1S/C16H10ClNO6/c1-23-12-6-8(5-11(15(12)20)18(21)22)7-13-14(19)9-3-2-4-10(17)16(9)24-13/h2-7,20H,1H3/b13-7-. The highest BCUT2D eigenvalue weighted by Crippen LogP contribution is 2.40. The molecule has 2 aromatic carbocycles. The monoisotopic (exact) mass is 347 g/mol. The van der Waals surface area contributed by atoms with Gasteiger partial charge in [0.1, 0.15) is 0 Å². The molecule has 7 nitrogen and oxygen atoms in total. The Bertz CT molecular complexity index is 906. The maximum Gasteiger partial charge on any atom is 0.315 e. The van der Waals surface area contributed by atoms with Crippen LogP contribution in [0, 0.1) is 10.1 Å². The molecule has 1 aliphatic rings. The van der Waals surface area contributed by atoms with Gasteiger partial charge in [-0.15, -0.1) is 0 Å². The van der Waals surface area contributed by atoms with Gasteiger partial charge in [0.15, 0.2) is 17.3 Å². The first-order chi connectivity index (χ1) is 11.4. The number of halogens is 1. The fourth-order valence-electron chi connectivity index (χ4n) is 2.32. The van der Waals surface area contributed by atoms with Crippen LogP contribution in [0.3, 0.4) is 0 Å². The number of methoxy groups -OCH3 is 1. The molecule has 0 aromatic heterocycles. The molecule has 24 heavy (non-hydrogen) atoms. The molecule has 0 saturated heterocycles. The third-order valence-electron chi connectivity index (χ3n) is 3.44. The molecule has 0 fully saturated rings. The smallest absolute Gasteiger partial charge is 0.315 e. The minimum atomic E-state index is -0.747. The summed E-state index contributed by atoms with van der Waals surface area (Å²) in [7, 11) is 1.27. The number of benzene rings is 2. The molecule has 8 heteroatoms. The minimum Gasteiger partial charge on any atom is -0.500 e. The molecule has 0 amide bonds. The summed E-state index contributed by atoms with van der Waals surface area (Å²) in [4.78, 5) is 22.6. The second kappa shape index (κ2) is 5.86. The number of rotatable bonds is 3. The summed E-state index contributed by atoms with van der Waals surface area (Å²) in [6.07, 6.45) is 1.33. The van der Waals surface area contributed by atoms with Gasteiger partial charge in [0.05, 0.1) is 22.6 Å². The quantitative estimate of drug-likeness (QED) is 0.517. The van der Waals surface area contributed by atoms with Crippen LogP contribution in [0.2, 0.25) is 5.02 Å². The van der Waals surface area contributed by atoms with Gasteiger partial charge in [-0.2, -0.15) is 0 Å². The Labute approximate surface area is 140 Å². The maximum atomic E-state index is 12.3. The number of carbonyl (C=O) groups is 1. The zero-order chi connectivity index (χ0) is 17.4. The fourth-order valence-corrected chi connectivity index (χ4v) is 2.53. The topological polar surface area (TPSA) is 98.9 Å². The number of nitro benzene ring substituents is 1. The maximum absolute atomic E-state index is 12.3. The highest BCUT2D eigenvalue weighted by Gasteiger charge is 2.29. The molecule has 1 heterocycles. The number of ether oxygens (including phenoxy) is 2. The SMILES string of the molecule is COc1cc(/C=C2\Oc3c(Cl)cccc3C2=O)cc([N+](=O)[O-])c1O. The summed E-state index contributed by atoms with van der Waals surface area (Å²) >= 11 is 5.99. The van der Waals surface area contributed by atoms with E-state index in [1.165, 1.54) is 19.3 Å². The van der Waals surface area contributed by atoms with E-state index in [-0.39, 0.29) is 28.6 Å². The van der Waals surface area contributed by atoms with E-state index >= 15 is 0 Å². The molecule has 0 radical (unpaired) electrons. The average Bonchev–Trinajstić information content (AvgIpc) is 2.86. The molecule has 2 aromatic rings. The Morgan fingerprint density at radius 2 is 2.12 bits per heavy atom. The molecule has 0 bridgehead atoms. The number of para-hydroxylation sites is 1. The summed E-state index contributed by atoms with van der Waals surface area (Å²) in [6, 6.07) is 7.26. The van der Waals surface area contributed by atoms with E-state index in [1.54, 1.807) is 18.2 Å². The number of ketones is 1. The van der Waals surface area contributed by atoms with Gasteiger partial charge >= 0.3 is 5.69 Å². The van der Waals surface area contributed by atoms with Crippen molar-refractivity contribution in [1.29, 1.82) is 0 Å². The van der Waals surface area contributed by atoms with Crippen molar-refractivity contribution in [2.45, 2.75) is 0 Å². The lowest BCUT2D eigenvalue weighted by atomic mass is 10.1. The lowest BCUT2D eigenvalue weighted by Crippen LogP contribution is -1.99. The summed E-state index contributed by atoms with van der Waals surface area (Å²) in [5.74, 6) is -0.843.